The van der Waals surface area contributed by atoms with E-state index in [4.69, 9.17) is 0 Å². The van der Waals surface area contributed by atoms with Gasteiger partial charge >= 0.3 is 0 Å². The van der Waals surface area contributed by atoms with Gasteiger partial charge in [-0.25, -0.2) is 0 Å². The molecule has 3 unspecified atom stereocenters. The normalized spacial score (nSPS) is 32.3. The van der Waals surface area contributed by atoms with E-state index in [0.717, 1.165) is 6.42 Å². The molecule has 116 valence electrons. The fraction of sp³-hybridized carbons (Fsp3) is 0.706. The monoisotopic (exact) mass is 306 g/mol. The Labute approximate surface area is 131 Å². The molecule has 2 aliphatic rings. The summed E-state index contributed by atoms with van der Waals surface area (Å²) in [5.41, 5.74) is 0.221. The Hall–Kier alpha value is -0.870. The van der Waals surface area contributed by atoms with Crippen molar-refractivity contribution >= 4 is 17.2 Å². The Kier molecular flexibility index (Phi) is 3.87. The fourth-order valence-corrected chi connectivity index (χ4v) is 4.69. The van der Waals surface area contributed by atoms with E-state index < -0.39 is 0 Å². The fourth-order valence-electron chi connectivity index (χ4n) is 3.91. The van der Waals surface area contributed by atoms with Crippen molar-refractivity contribution < 1.29 is 4.79 Å². The second kappa shape index (κ2) is 5.40. The standard InChI is InChI=1S/C17H26N2OS/c1-11(2)14-16(20)19(13-8-5-9-17(13,3)4)15(18-14)12-7-6-10-21-12/h6-7,10-11,13-15,18H,5,8-9H2,1-4H3. The molecule has 1 aliphatic heterocycles. The molecule has 0 bridgehead atoms. The second-order valence-electron chi connectivity index (χ2n) is 7.45. The van der Waals surface area contributed by atoms with E-state index in [1.165, 1.54) is 17.7 Å². The Bertz CT molecular complexity index is 509. The zero-order valence-corrected chi connectivity index (χ0v) is 14.2. The van der Waals surface area contributed by atoms with Gasteiger partial charge in [-0.15, -0.1) is 11.3 Å². The lowest BCUT2D eigenvalue weighted by Gasteiger charge is -2.38. The summed E-state index contributed by atoms with van der Waals surface area (Å²) in [6.07, 6.45) is 3.63. The van der Waals surface area contributed by atoms with Crippen LogP contribution < -0.4 is 5.32 Å². The van der Waals surface area contributed by atoms with Crippen LogP contribution in [0.15, 0.2) is 17.5 Å². The third kappa shape index (κ3) is 2.53. The zero-order valence-electron chi connectivity index (χ0n) is 13.4. The van der Waals surface area contributed by atoms with Crippen molar-refractivity contribution in [2.45, 2.75) is 65.2 Å². The molecule has 3 atom stereocenters. The van der Waals surface area contributed by atoms with Crippen LogP contribution >= 0.6 is 11.3 Å². The quantitative estimate of drug-likeness (QED) is 0.921. The van der Waals surface area contributed by atoms with Crippen molar-refractivity contribution in [3.63, 3.8) is 0 Å². The van der Waals surface area contributed by atoms with E-state index in [0.29, 0.717) is 17.9 Å². The van der Waals surface area contributed by atoms with Gasteiger partial charge in [0.15, 0.2) is 0 Å². The highest BCUT2D eigenvalue weighted by molar-refractivity contribution is 7.10. The summed E-state index contributed by atoms with van der Waals surface area (Å²) in [5, 5.41) is 5.69. The molecular weight excluding hydrogens is 280 g/mol. The minimum atomic E-state index is -0.0477. The molecule has 2 heterocycles. The molecule has 0 spiro atoms. The van der Waals surface area contributed by atoms with E-state index in [9.17, 15) is 4.79 Å². The molecule has 1 aromatic rings. The molecule has 2 fully saturated rings. The molecule has 0 radical (unpaired) electrons. The van der Waals surface area contributed by atoms with Crippen molar-refractivity contribution in [3.8, 4) is 0 Å². The predicted molar refractivity (Wildman–Crippen MR) is 87.1 cm³/mol. The van der Waals surface area contributed by atoms with Gasteiger partial charge in [-0.1, -0.05) is 40.2 Å². The minimum Gasteiger partial charge on any atom is -0.317 e. The summed E-state index contributed by atoms with van der Waals surface area (Å²) < 4.78 is 0. The summed E-state index contributed by atoms with van der Waals surface area (Å²) in [6, 6.07) is 4.53. The Morgan fingerprint density at radius 3 is 2.71 bits per heavy atom. The van der Waals surface area contributed by atoms with E-state index >= 15 is 0 Å². The van der Waals surface area contributed by atoms with Gasteiger partial charge in [-0.2, -0.15) is 0 Å². The van der Waals surface area contributed by atoms with E-state index in [-0.39, 0.29) is 17.6 Å². The molecule has 3 rings (SSSR count). The molecule has 1 amide bonds. The number of hydrogen-bond acceptors (Lipinski definition) is 3. The number of amides is 1. The van der Waals surface area contributed by atoms with Crippen LogP contribution in [0, 0.1) is 11.3 Å². The lowest BCUT2D eigenvalue weighted by Crippen LogP contribution is -2.45. The molecule has 1 aromatic heterocycles. The Balaban J connectivity index is 1.95. The lowest BCUT2D eigenvalue weighted by molar-refractivity contribution is -0.135. The molecule has 1 aliphatic carbocycles. The average Bonchev–Trinajstić information content (AvgIpc) is 3.08. The van der Waals surface area contributed by atoms with Crippen LogP contribution in [0.25, 0.3) is 0 Å². The van der Waals surface area contributed by atoms with Gasteiger partial charge in [-0.05, 0) is 35.6 Å². The number of thiophene rings is 1. The second-order valence-corrected chi connectivity index (χ2v) is 8.43. The van der Waals surface area contributed by atoms with E-state index in [1.54, 1.807) is 11.3 Å². The van der Waals surface area contributed by atoms with Gasteiger partial charge in [0.1, 0.15) is 6.17 Å². The van der Waals surface area contributed by atoms with Gasteiger partial charge < -0.3 is 4.90 Å². The smallest absolute Gasteiger partial charge is 0.241 e. The highest BCUT2D eigenvalue weighted by Gasteiger charge is 2.50. The first kappa shape index (κ1) is 15.0. The van der Waals surface area contributed by atoms with Crippen LogP contribution in [0.5, 0.6) is 0 Å². The Morgan fingerprint density at radius 1 is 1.43 bits per heavy atom. The molecular formula is C17H26N2OS. The van der Waals surface area contributed by atoms with Crippen molar-refractivity contribution in [3.05, 3.63) is 22.4 Å². The molecule has 0 aromatic carbocycles. The average molecular weight is 306 g/mol. The van der Waals surface area contributed by atoms with Crippen molar-refractivity contribution in [2.75, 3.05) is 0 Å². The first-order valence-electron chi connectivity index (χ1n) is 8.03. The molecule has 21 heavy (non-hydrogen) atoms. The Morgan fingerprint density at radius 2 is 2.19 bits per heavy atom. The first-order valence-corrected chi connectivity index (χ1v) is 8.91. The van der Waals surface area contributed by atoms with Crippen LogP contribution in [0.4, 0.5) is 0 Å². The van der Waals surface area contributed by atoms with Gasteiger partial charge in [0.05, 0.1) is 6.04 Å². The highest BCUT2D eigenvalue weighted by atomic mass is 32.1. The number of carbonyl (C=O) groups is 1. The minimum absolute atomic E-state index is 0.0477. The SMILES string of the molecule is CC(C)C1NC(c2cccs2)N(C2CCCC2(C)C)C1=O. The molecule has 1 N–H and O–H groups in total. The zero-order chi connectivity index (χ0) is 15.2. The van der Waals surface area contributed by atoms with Crippen LogP contribution in [0.1, 0.15) is 58.0 Å². The number of nitrogens with one attached hydrogen (secondary N) is 1. The van der Waals surface area contributed by atoms with Gasteiger partial charge in [0.25, 0.3) is 0 Å². The largest absolute Gasteiger partial charge is 0.317 e. The van der Waals surface area contributed by atoms with Crippen LogP contribution in [0.3, 0.4) is 0 Å². The van der Waals surface area contributed by atoms with E-state index in [1.807, 2.05) is 0 Å². The maximum atomic E-state index is 13.0. The summed E-state index contributed by atoms with van der Waals surface area (Å²) in [6.45, 7) is 8.88. The van der Waals surface area contributed by atoms with Gasteiger partial charge in [0, 0.05) is 10.9 Å². The lowest BCUT2D eigenvalue weighted by atomic mass is 9.86. The first-order chi connectivity index (χ1) is 9.92. The van der Waals surface area contributed by atoms with Gasteiger partial charge in [0.2, 0.25) is 5.91 Å². The third-order valence-corrected chi connectivity index (χ3v) is 6.08. The maximum absolute atomic E-state index is 13.0. The molecule has 1 saturated carbocycles. The molecule has 3 nitrogen and oxygen atoms in total. The number of carbonyl (C=O) groups excluding carboxylic acids is 1. The summed E-state index contributed by atoms with van der Waals surface area (Å²) >= 11 is 1.74. The van der Waals surface area contributed by atoms with Crippen molar-refractivity contribution in [2.24, 2.45) is 11.3 Å². The summed E-state index contributed by atoms with van der Waals surface area (Å²) in [7, 11) is 0. The molecule has 1 saturated heterocycles. The van der Waals surface area contributed by atoms with Gasteiger partial charge in [-0.3, -0.25) is 10.1 Å². The summed E-state index contributed by atoms with van der Waals surface area (Å²) in [5.74, 6) is 0.623. The number of nitrogens with zero attached hydrogens (tertiary/aromatic N) is 1. The molecule has 4 heteroatoms. The topological polar surface area (TPSA) is 32.3 Å². The van der Waals surface area contributed by atoms with Crippen LogP contribution in [0.2, 0.25) is 0 Å². The number of rotatable bonds is 3. The third-order valence-electron chi connectivity index (χ3n) is 5.15. The van der Waals surface area contributed by atoms with Crippen LogP contribution in [-0.2, 0) is 4.79 Å². The van der Waals surface area contributed by atoms with E-state index in [2.05, 4.69) is 55.4 Å². The summed E-state index contributed by atoms with van der Waals surface area (Å²) in [4.78, 5) is 16.4. The predicted octanol–water partition coefficient (Wildman–Crippen LogP) is 3.78. The highest BCUT2D eigenvalue weighted by Crippen LogP contribution is 2.45. The number of hydrogen-bond donors (Lipinski definition) is 1. The van der Waals surface area contributed by atoms with Crippen molar-refractivity contribution in [1.82, 2.24) is 10.2 Å². The van der Waals surface area contributed by atoms with Crippen LogP contribution in [-0.4, -0.2) is 22.9 Å². The van der Waals surface area contributed by atoms with Crippen molar-refractivity contribution in [1.29, 1.82) is 0 Å². The maximum Gasteiger partial charge on any atom is 0.241 e.